The normalized spacial score (nSPS) is 10.4. The van der Waals surface area contributed by atoms with Gasteiger partial charge in [-0.2, -0.15) is 0 Å². The first-order chi connectivity index (χ1) is 11.3. The highest BCUT2D eigenvalue weighted by molar-refractivity contribution is 9.10. The Morgan fingerprint density at radius 1 is 1.21 bits per heavy atom. The highest BCUT2D eigenvalue weighted by Gasteiger charge is 2.11. The van der Waals surface area contributed by atoms with E-state index in [1.807, 2.05) is 45.0 Å². The molecule has 0 saturated carbocycles. The number of thiocarbonyl (C=S) groups is 1. The van der Waals surface area contributed by atoms with Crippen molar-refractivity contribution in [1.82, 2.24) is 5.32 Å². The van der Waals surface area contributed by atoms with E-state index in [1.165, 1.54) is 0 Å². The summed E-state index contributed by atoms with van der Waals surface area (Å²) in [5.41, 5.74) is 2.44. The molecule has 0 aliphatic carbocycles. The minimum Gasteiger partial charge on any atom is -0.490 e. The van der Waals surface area contributed by atoms with Gasteiger partial charge in [0.15, 0.2) is 5.11 Å². The topological polar surface area (TPSA) is 50.4 Å². The van der Waals surface area contributed by atoms with E-state index in [4.69, 9.17) is 17.0 Å². The van der Waals surface area contributed by atoms with Gasteiger partial charge in [-0.15, -0.1) is 0 Å². The molecule has 0 heterocycles. The molecule has 0 aliphatic heterocycles. The van der Waals surface area contributed by atoms with Gasteiger partial charge in [-0.3, -0.25) is 10.1 Å². The number of aryl methyl sites for hydroxylation is 1. The molecule has 2 N–H and O–H groups in total. The van der Waals surface area contributed by atoms with Crippen LogP contribution in [-0.2, 0) is 0 Å². The number of hydrogen-bond acceptors (Lipinski definition) is 3. The van der Waals surface area contributed by atoms with Crippen LogP contribution < -0.4 is 15.4 Å². The molecule has 0 unspecified atom stereocenters. The fraction of sp³-hybridized carbons (Fsp3) is 0.222. The van der Waals surface area contributed by atoms with Gasteiger partial charge in [-0.05, 0) is 84.8 Å². The molecule has 126 valence electrons. The van der Waals surface area contributed by atoms with Gasteiger partial charge in [0, 0.05) is 11.3 Å². The summed E-state index contributed by atoms with van der Waals surface area (Å²) in [4.78, 5) is 12.3. The molecule has 0 radical (unpaired) electrons. The van der Waals surface area contributed by atoms with Crippen LogP contribution in [0.1, 0.15) is 29.8 Å². The van der Waals surface area contributed by atoms with E-state index in [1.54, 1.807) is 18.2 Å². The number of anilines is 1. The second kappa shape index (κ2) is 8.26. The average Bonchev–Trinajstić information content (AvgIpc) is 2.48. The molecular weight excluding hydrogens is 388 g/mol. The van der Waals surface area contributed by atoms with Gasteiger partial charge in [-0.1, -0.05) is 12.1 Å². The molecule has 0 bridgehead atoms. The minimum absolute atomic E-state index is 0.0621. The molecule has 0 fully saturated rings. The lowest BCUT2D eigenvalue weighted by Crippen LogP contribution is -2.34. The molecule has 2 aromatic rings. The van der Waals surface area contributed by atoms with E-state index in [2.05, 4.69) is 26.6 Å². The van der Waals surface area contributed by atoms with Crippen LogP contribution in [0.4, 0.5) is 5.69 Å². The van der Waals surface area contributed by atoms with Crippen LogP contribution in [0.3, 0.4) is 0 Å². The van der Waals surface area contributed by atoms with Crippen molar-refractivity contribution in [3.05, 3.63) is 58.1 Å². The molecule has 0 spiro atoms. The first-order valence-electron chi connectivity index (χ1n) is 7.50. The summed E-state index contributed by atoms with van der Waals surface area (Å²) < 4.78 is 6.36. The second-order valence-corrected chi connectivity index (χ2v) is 6.85. The fourth-order valence-electron chi connectivity index (χ4n) is 2.05. The predicted molar refractivity (Wildman–Crippen MR) is 105 cm³/mol. The summed E-state index contributed by atoms with van der Waals surface area (Å²) in [6.45, 7) is 5.88. The summed E-state index contributed by atoms with van der Waals surface area (Å²) in [6.07, 6.45) is 0.0621. The monoisotopic (exact) mass is 406 g/mol. The smallest absolute Gasteiger partial charge is 0.257 e. The molecule has 0 aromatic heterocycles. The van der Waals surface area contributed by atoms with Crippen molar-refractivity contribution in [2.75, 3.05) is 5.32 Å². The lowest BCUT2D eigenvalue weighted by atomic mass is 10.2. The summed E-state index contributed by atoms with van der Waals surface area (Å²) in [5.74, 6) is 0.416. The van der Waals surface area contributed by atoms with Gasteiger partial charge in [0.2, 0.25) is 0 Å². The number of carbonyl (C=O) groups excluding carboxylic acids is 1. The van der Waals surface area contributed by atoms with Crippen LogP contribution in [0.5, 0.6) is 5.75 Å². The van der Waals surface area contributed by atoms with Gasteiger partial charge in [-0.25, -0.2) is 0 Å². The Morgan fingerprint density at radius 2 is 1.96 bits per heavy atom. The fourth-order valence-corrected chi connectivity index (χ4v) is 2.73. The van der Waals surface area contributed by atoms with Crippen molar-refractivity contribution in [3.8, 4) is 5.75 Å². The standard InChI is InChI=1S/C18H19BrN2O2S/c1-11(2)23-16-8-7-13(10-15(16)19)17(22)21-18(24)20-14-6-4-5-12(3)9-14/h4-11H,1-3H3,(H2,20,21,22,24). The van der Waals surface area contributed by atoms with Crippen molar-refractivity contribution < 1.29 is 9.53 Å². The van der Waals surface area contributed by atoms with Crippen molar-refractivity contribution >= 4 is 44.9 Å². The van der Waals surface area contributed by atoms with Crippen molar-refractivity contribution in [3.63, 3.8) is 0 Å². The zero-order valence-corrected chi connectivity index (χ0v) is 16.1. The zero-order chi connectivity index (χ0) is 17.7. The molecule has 24 heavy (non-hydrogen) atoms. The van der Waals surface area contributed by atoms with Gasteiger partial charge < -0.3 is 10.1 Å². The van der Waals surface area contributed by atoms with Gasteiger partial charge in [0.1, 0.15) is 5.75 Å². The Balaban J connectivity index is 2.01. The van der Waals surface area contributed by atoms with Crippen LogP contribution in [0, 0.1) is 6.92 Å². The summed E-state index contributed by atoms with van der Waals surface area (Å²) >= 11 is 8.61. The van der Waals surface area contributed by atoms with Crippen LogP contribution in [0.2, 0.25) is 0 Å². The van der Waals surface area contributed by atoms with Crippen molar-refractivity contribution in [2.45, 2.75) is 26.9 Å². The van der Waals surface area contributed by atoms with Crippen molar-refractivity contribution in [2.24, 2.45) is 0 Å². The molecule has 4 nitrogen and oxygen atoms in total. The van der Waals surface area contributed by atoms with Crippen LogP contribution in [0.15, 0.2) is 46.9 Å². The largest absolute Gasteiger partial charge is 0.490 e. The Morgan fingerprint density at radius 3 is 2.58 bits per heavy atom. The quantitative estimate of drug-likeness (QED) is 0.724. The maximum absolute atomic E-state index is 12.3. The summed E-state index contributed by atoms with van der Waals surface area (Å²) in [6, 6.07) is 12.9. The minimum atomic E-state index is -0.281. The summed E-state index contributed by atoms with van der Waals surface area (Å²) in [7, 11) is 0. The number of hydrogen-bond donors (Lipinski definition) is 2. The molecular formula is C18H19BrN2O2S. The van der Waals surface area contributed by atoms with Crippen LogP contribution in [-0.4, -0.2) is 17.1 Å². The SMILES string of the molecule is Cc1cccc(NC(=S)NC(=O)c2ccc(OC(C)C)c(Br)c2)c1. The number of rotatable bonds is 4. The van der Waals surface area contributed by atoms with Gasteiger partial charge in [0.25, 0.3) is 5.91 Å². The number of ether oxygens (including phenoxy) is 1. The van der Waals surface area contributed by atoms with E-state index in [0.29, 0.717) is 11.3 Å². The Hall–Kier alpha value is -1.92. The molecule has 6 heteroatoms. The van der Waals surface area contributed by atoms with E-state index in [0.717, 1.165) is 15.7 Å². The van der Waals surface area contributed by atoms with Gasteiger partial charge >= 0.3 is 0 Å². The second-order valence-electron chi connectivity index (χ2n) is 5.59. The number of amides is 1. The maximum Gasteiger partial charge on any atom is 0.257 e. The molecule has 2 rings (SSSR count). The number of benzene rings is 2. The highest BCUT2D eigenvalue weighted by Crippen LogP contribution is 2.27. The lowest BCUT2D eigenvalue weighted by Gasteiger charge is -2.13. The molecule has 2 aromatic carbocycles. The van der Waals surface area contributed by atoms with E-state index in [-0.39, 0.29) is 17.1 Å². The number of halogens is 1. The average molecular weight is 407 g/mol. The predicted octanol–water partition coefficient (Wildman–Crippen LogP) is 4.67. The third kappa shape index (κ3) is 5.32. The van der Waals surface area contributed by atoms with Crippen molar-refractivity contribution in [1.29, 1.82) is 0 Å². The lowest BCUT2D eigenvalue weighted by molar-refractivity contribution is 0.0977. The van der Waals surface area contributed by atoms with Crippen LogP contribution in [0.25, 0.3) is 0 Å². The first kappa shape index (κ1) is 18.4. The van der Waals surface area contributed by atoms with E-state index in [9.17, 15) is 4.79 Å². The zero-order valence-electron chi connectivity index (χ0n) is 13.7. The molecule has 0 atom stereocenters. The van der Waals surface area contributed by atoms with Crippen LogP contribution >= 0.6 is 28.1 Å². The van der Waals surface area contributed by atoms with Gasteiger partial charge in [0.05, 0.1) is 10.6 Å². The number of carbonyl (C=O) groups is 1. The summed E-state index contributed by atoms with van der Waals surface area (Å²) in [5, 5.41) is 5.92. The third-order valence-electron chi connectivity index (χ3n) is 3.06. The molecule has 0 saturated heterocycles. The maximum atomic E-state index is 12.3. The molecule has 1 amide bonds. The first-order valence-corrected chi connectivity index (χ1v) is 8.70. The highest BCUT2D eigenvalue weighted by atomic mass is 79.9. The number of nitrogens with one attached hydrogen (secondary N) is 2. The van der Waals surface area contributed by atoms with E-state index >= 15 is 0 Å². The molecule has 0 aliphatic rings. The third-order valence-corrected chi connectivity index (χ3v) is 3.88. The van der Waals surface area contributed by atoms with E-state index < -0.39 is 0 Å². The Bertz CT molecular complexity index is 762. The Kier molecular flexibility index (Phi) is 6.34. The Labute approximate surface area is 155 Å².